The van der Waals surface area contributed by atoms with E-state index in [1.54, 1.807) is 0 Å². The molecule has 0 unspecified atom stereocenters. The van der Waals surface area contributed by atoms with E-state index in [9.17, 15) is 8.78 Å². The molecule has 1 aliphatic heterocycles. The van der Waals surface area contributed by atoms with Crippen molar-refractivity contribution in [2.24, 2.45) is 0 Å². The van der Waals surface area contributed by atoms with Crippen molar-refractivity contribution in [2.45, 2.75) is 13.3 Å². The smallest absolute Gasteiger partial charge is 0.280 e. The monoisotopic (exact) mass is 396 g/mol. The molecule has 0 bridgehead atoms. The zero-order chi connectivity index (χ0) is 17.1. The second kappa shape index (κ2) is 7.53. The molecule has 1 aromatic heterocycles. The van der Waals surface area contributed by atoms with Gasteiger partial charge in [-0.1, -0.05) is 35.0 Å². The largest absolute Gasteiger partial charge is 0.338 e. The maximum Gasteiger partial charge on any atom is 0.280 e. The summed E-state index contributed by atoms with van der Waals surface area (Å²) in [6.07, 6.45) is -2.61. The molecule has 0 saturated carbocycles. The summed E-state index contributed by atoms with van der Waals surface area (Å²) in [6, 6.07) is 8.85. The molecule has 2 heterocycles. The molecule has 0 radical (unpaired) electrons. The van der Waals surface area contributed by atoms with Crippen molar-refractivity contribution in [2.75, 3.05) is 37.6 Å². The Balaban J connectivity index is 1.93. The van der Waals surface area contributed by atoms with Gasteiger partial charge < -0.3 is 9.80 Å². The Hall–Kier alpha value is -1.60. The van der Waals surface area contributed by atoms with Crippen LogP contribution in [0.2, 0.25) is 0 Å². The van der Waals surface area contributed by atoms with Crippen LogP contribution in [0.1, 0.15) is 19.0 Å². The number of anilines is 1. The van der Waals surface area contributed by atoms with E-state index in [4.69, 9.17) is 0 Å². The van der Waals surface area contributed by atoms with Crippen molar-refractivity contribution in [3.63, 3.8) is 0 Å². The number of piperazine rings is 1. The van der Waals surface area contributed by atoms with Crippen molar-refractivity contribution in [3.8, 4) is 11.3 Å². The van der Waals surface area contributed by atoms with Crippen molar-refractivity contribution in [1.82, 2.24) is 14.9 Å². The fourth-order valence-electron chi connectivity index (χ4n) is 2.74. The van der Waals surface area contributed by atoms with Gasteiger partial charge in [-0.15, -0.1) is 0 Å². The van der Waals surface area contributed by atoms with Crippen LogP contribution in [-0.4, -0.2) is 47.6 Å². The lowest BCUT2D eigenvalue weighted by molar-refractivity contribution is 0.146. The average Bonchev–Trinajstić information content (AvgIpc) is 2.62. The third-order valence-corrected chi connectivity index (χ3v) is 4.73. The lowest BCUT2D eigenvalue weighted by Crippen LogP contribution is -2.46. The minimum Gasteiger partial charge on any atom is -0.338 e. The standard InChI is InChI=1S/C17H19BrF2N4/c1-2-23-7-9-24(10-8-23)17-21-14(11-15(22-17)16(19)20)12-3-5-13(18)6-4-12/h3-6,11,16H,2,7-10H2,1H3. The van der Waals surface area contributed by atoms with Gasteiger partial charge in [0.1, 0.15) is 5.69 Å². The van der Waals surface area contributed by atoms with Crippen LogP contribution < -0.4 is 4.90 Å². The maximum atomic E-state index is 13.3. The van der Waals surface area contributed by atoms with Crippen LogP contribution >= 0.6 is 15.9 Å². The molecule has 0 N–H and O–H groups in total. The van der Waals surface area contributed by atoms with Gasteiger partial charge in [-0.05, 0) is 24.7 Å². The second-order valence-electron chi connectivity index (χ2n) is 5.71. The summed E-state index contributed by atoms with van der Waals surface area (Å²) < 4.78 is 27.5. The molecular weight excluding hydrogens is 378 g/mol. The predicted molar refractivity (Wildman–Crippen MR) is 94.5 cm³/mol. The summed E-state index contributed by atoms with van der Waals surface area (Å²) in [4.78, 5) is 12.9. The molecule has 1 aliphatic rings. The molecule has 3 rings (SSSR count). The molecule has 0 aliphatic carbocycles. The first kappa shape index (κ1) is 17.2. The van der Waals surface area contributed by atoms with E-state index in [-0.39, 0.29) is 5.69 Å². The quantitative estimate of drug-likeness (QED) is 0.781. The molecule has 4 nitrogen and oxygen atoms in total. The highest BCUT2D eigenvalue weighted by Gasteiger charge is 2.21. The molecule has 1 aromatic carbocycles. The lowest BCUT2D eigenvalue weighted by Gasteiger charge is -2.34. The Labute approximate surface area is 148 Å². The van der Waals surface area contributed by atoms with Gasteiger partial charge in [0.05, 0.1) is 5.69 Å². The Bertz CT molecular complexity index is 685. The fourth-order valence-corrected chi connectivity index (χ4v) is 3.00. The summed E-state index contributed by atoms with van der Waals surface area (Å²) in [7, 11) is 0. The van der Waals surface area contributed by atoms with Crippen LogP contribution in [-0.2, 0) is 0 Å². The van der Waals surface area contributed by atoms with Crippen molar-refractivity contribution in [3.05, 3.63) is 40.5 Å². The Kier molecular flexibility index (Phi) is 5.40. The van der Waals surface area contributed by atoms with Gasteiger partial charge in [-0.2, -0.15) is 0 Å². The Morgan fingerprint density at radius 1 is 1.08 bits per heavy atom. The molecule has 24 heavy (non-hydrogen) atoms. The first-order chi connectivity index (χ1) is 11.6. The zero-order valence-corrected chi connectivity index (χ0v) is 15.0. The fraction of sp³-hybridized carbons (Fsp3) is 0.412. The van der Waals surface area contributed by atoms with Gasteiger partial charge in [0, 0.05) is 36.2 Å². The SMILES string of the molecule is CCN1CCN(c2nc(-c3ccc(Br)cc3)cc(C(F)F)n2)CC1. The maximum absolute atomic E-state index is 13.3. The van der Waals surface area contributed by atoms with E-state index in [1.165, 1.54) is 6.07 Å². The minimum atomic E-state index is -2.61. The third kappa shape index (κ3) is 3.89. The number of hydrogen-bond acceptors (Lipinski definition) is 4. The first-order valence-corrected chi connectivity index (χ1v) is 8.76. The first-order valence-electron chi connectivity index (χ1n) is 7.97. The summed E-state index contributed by atoms with van der Waals surface area (Å²) in [5.74, 6) is 0.390. The number of rotatable bonds is 4. The van der Waals surface area contributed by atoms with Crippen molar-refractivity contribution in [1.29, 1.82) is 0 Å². The highest BCUT2D eigenvalue weighted by atomic mass is 79.9. The van der Waals surface area contributed by atoms with Crippen LogP contribution in [0, 0.1) is 0 Å². The predicted octanol–water partition coefficient (Wildman–Crippen LogP) is 3.99. The molecule has 128 valence electrons. The van der Waals surface area contributed by atoms with Gasteiger partial charge in [0.25, 0.3) is 6.43 Å². The summed E-state index contributed by atoms with van der Waals surface area (Å²) in [5, 5.41) is 0. The van der Waals surface area contributed by atoms with E-state index in [0.717, 1.165) is 42.8 Å². The van der Waals surface area contributed by atoms with E-state index in [1.807, 2.05) is 29.2 Å². The number of aromatic nitrogens is 2. The van der Waals surface area contributed by atoms with Crippen molar-refractivity contribution >= 4 is 21.9 Å². The number of halogens is 3. The molecule has 2 aromatic rings. The summed E-state index contributed by atoms with van der Waals surface area (Å²) in [5.41, 5.74) is 1.10. The van der Waals surface area contributed by atoms with E-state index < -0.39 is 6.43 Å². The average molecular weight is 397 g/mol. The van der Waals surface area contributed by atoms with E-state index >= 15 is 0 Å². The van der Waals surface area contributed by atoms with Crippen LogP contribution in [0.4, 0.5) is 14.7 Å². The van der Waals surface area contributed by atoms with Crippen LogP contribution in [0.5, 0.6) is 0 Å². The number of likely N-dealkylation sites (N-methyl/N-ethyl adjacent to an activating group) is 1. The summed E-state index contributed by atoms with van der Waals surface area (Å²) in [6.45, 7) is 6.41. The normalized spacial score (nSPS) is 16.0. The molecule has 1 fully saturated rings. The van der Waals surface area contributed by atoms with Gasteiger partial charge in [0.2, 0.25) is 5.95 Å². The lowest BCUT2D eigenvalue weighted by atomic mass is 10.1. The van der Waals surface area contributed by atoms with Crippen molar-refractivity contribution < 1.29 is 8.78 Å². The van der Waals surface area contributed by atoms with Crippen LogP contribution in [0.25, 0.3) is 11.3 Å². The Morgan fingerprint density at radius 3 is 2.33 bits per heavy atom. The summed E-state index contributed by atoms with van der Waals surface area (Å²) >= 11 is 3.38. The molecule has 1 saturated heterocycles. The van der Waals surface area contributed by atoms with Crippen LogP contribution in [0.3, 0.4) is 0 Å². The molecule has 0 spiro atoms. The number of benzene rings is 1. The van der Waals surface area contributed by atoms with Crippen LogP contribution in [0.15, 0.2) is 34.8 Å². The number of hydrogen-bond donors (Lipinski definition) is 0. The van der Waals surface area contributed by atoms with E-state index in [2.05, 4.69) is 37.7 Å². The van der Waals surface area contributed by atoms with E-state index in [0.29, 0.717) is 11.6 Å². The Morgan fingerprint density at radius 2 is 1.75 bits per heavy atom. The highest BCUT2D eigenvalue weighted by Crippen LogP contribution is 2.27. The van der Waals surface area contributed by atoms with Gasteiger partial charge in [0.15, 0.2) is 0 Å². The zero-order valence-electron chi connectivity index (χ0n) is 13.4. The molecule has 0 atom stereocenters. The van der Waals surface area contributed by atoms with Gasteiger partial charge in [-0.25, -0.2) is 18.7 Å². The van der Waals surface area contributed by atoms with Gasteiger partial charge in [-0.3, -0.25) is 0 Å². The van der Waals surface area contributed by atoms with Gasteiger partial charge >= 0.3 is 0 Å². The number of nitrogens with zero attached hydrogens (tertiary/aromatic N) is 4. The third-order valence-electron chi connectivity index (χ3n) is 4.20. The molecule has 7 heteroatoms. The topological polar surface area (TPSA) is 32.3 Å². The minimum absolute atomic E-state index is 0.226. The molecular formula is C17H19BrF2N4. The molecule has 0 amide bonds. The highest BCUT2D eigenvalue weighted by molar-refractivity contribution is 9.10. The number of alkyl halides is 2. The second-order valence-corrected chi connectivity index (χ2v) is 6.62.